The van der Waals surface area contributed by atoms with Crippen LogP contribution in [0.2, 0.25) is 0 Å². The number of carbonyl (C=O) groups excluding carboxylic acids is 4. The third-order valence-electron chi connectivity index (χ3n) is 3.78. The topological polar surface area (TPSA) is 149 Å². The molecule has 1 saturated heterocycles. The fourth-order valence-electron chi connectivity index (χ4n) is 2.67. The smallest absolute Gasteiger partial charge is 0.334 e. The van der Waals surface area contributed by atoms with Crippen LogP contribution in [0.3, 0.4) is 0 Å². The predicted octanol–water partition coefficient (Wildman–Crippen LogP) is -1.78. The number of rotatable bonds is 7. The van der Waals surface area contributed by atoms with Gasteiger partial charge in [-0.2, -0.15) is 0 Å². The summed E-state index contributed by atoms with van der Waals surface area (Å²) < 4.78 is 21.0. The third-order valence-corrected chi connectivity index (χ3v) is 3.78. The Balaban J connectivity index is 3.18. The summed E-state index contributed by atoms with van der Waals surface area (Å²) in [7, 11) is 1.18. The lowest BCUT2D eigenvalue weighted by Crippen LogP contribution is -2.67. The Morgan fingerprint density at radius 2 is 1.74 bits per heavy atom. The number of esters is 2. The van der Waals surface area contributed by atoms with Crippen molar-refractivity contribution in [3.05, 3.63) is 0 Å². The van der Waals surface area contributed by atoms with Crippen molar-refractivity contribution in [1.82, 2.24) is 10.6 Å². The van der Waals surface area contributed by atoms with Crippen LogP contribution in [-0.2, 0) is 38.1 Å². The first kappa shape index (κ1) is 22.8. The molecule has 11 nitrogen and oxygen atoms in total. The molecule has 1 unspecified atom stereocenters. The number of nitrogens with one attached hydrogen (secondary N) is 2. The minimum Gasteiger partial charge on any atom is -0.467 e. The molecule has 0 aromatic heterocycles. The number of aliphatic hydroxyl groups excluding tert-OH is 1. The molecular formula is C16H26N2O9. The van der Waals surface area contributed by atoms with Gasteiger partial charge in [0.05, 0.1) is 7.11 Å². The van der Waals surface area contributed by atoms with Crippen molar-refractivity contribution < 1.29 is 43.2 Å². The second-order valence-electron chi connectivity index (χ2n) is 6.07. The first-order valence-corrected chi connectivity index (χ1v) is 8.32. The van der Waals surface area contributed by atoms with Gasteiger partial charge in [-0.05, 0) is 6.92 Å². The molecule has 6 atom stereocenters. The molecule has 3 N–H and O–H groups in total. The highest BCUT2D eigenvalue weighted by atomic mass is 16.7. The Hall–Kier alpha value is -2.24. The predicted molar refractivity (Wildman–Crippen MR) is 89.1 cm³/mol. The molecule has 2 amide bonds. The van der Waals surface area contributed by atoms with E-state index >= 15 is 0 Å². The Labute approximate surface area is 156 Å². The fraction of sp³-hybridized carbons (Fsp3) is 0.750. The first-order chi connectivity index (χ1) is 12.6. The van der Waals surface area contributed by atoms with Gasteiger partial charge < -0.3 is 34.7 Å². The van der Waals surface area contributed by atoms with Crippen LogP contribution in [0, 0.1) is 0 Å². The van der Waals surface area contributed by atoms with Crippen molar-refractivity contribution in [2.45, 2.75) is 64.4 Å². The molecule has 0 radical (unpaired) electrons. The van der Waals surface area contributed by atoms with Crippen LogP contribution in [0.25, 0.3) is 0 Å². The highest BCUT2D eigenvalue weighted by Crippen LogP contribution is 2.26. The van der Waals surface area contributed by atoms with E-state index in [0.29, 0.717) is 0 Å². The summed E-state index contributed by atoms with van der Waals surface area (Å²) in [6.07, 6.45) is -5.86. The van der Waals surface area contributed by atoms with E-state index in [-0.39, 0.29) is 12.5 Å². The van der Waals surface area contributed by atoms with Crippen molar-refractivity contribution >= 4 is 23.8 Å². The van der Waals surface area contributed by atoms with E-state index < -0.39 is 54.6 Å². The lowest BCUT2D eigenvalue weighted by atomic mass is 9.95. The number of methoxy groups -OCH3 is 1. The molecule has 154 valence electrons. The number of carbonyl (C=O) groups is 4. The molecule has 27 heavy (non-hydrogen) atoms. The second-order valence-corrected chi connectivity index (χ2v) is 6.07. The van der Waals surface area contributed by atoms with Gasteiger partial charge in [0.1, 0.15) is 18.2 Å². The van der Waals surface area contributed by atoms with Crippen LogP contribution in [0.4, 0.5) is 0 Å². The second kappa shape index (κ2) is 10.2. The fourth-order valence-corrected chi connectivity index (χ4v) is 2.67. The average molecular weight is 390 g/mol. The Kier molecular flexibility index (Phi) is 8.60. The van der Waals surface area contributed by atoms with E-state index in [1.165, 1.54) is 27.9 Å². The van der Waals surface area contributed by atoms with Gasteiger partial charge in [-0.25, -0.2) is 4.79 Å². The van der Waals surface area contributed by atoms with Gasteiger partial charge in [0, 0.05) is 27.3 Å². The molecule has 0 spiro atoms. The summed E-state index contributed by atoms with van der Waals surface area (Å²) in [5.41, 5.74) is 0. The number of hydrogen-bond donors (Lipinski definition) is 3. The van der Waals surface area contributed by atoms with E-state index in [9.17, 15) is 24.3 Å². The molecule has 1 fully saturated rings. The maximum Gasteiger partial charge on any atom is 0.334 e. The van der Waals surface area contributed by atoms with Crippen LogP contribution in [-0.4, -0.2) is 79.3 Å². The normalized spacial score (nSPS) is 28.6. The minimum atomic E-state index is -1.53. The number of hydrogen-bond acceptors (Lipinski definition) is 9. The molecule has 1 heterocycles. The zero-order valence-electron chi connectivity index (χ0n) is 15.9. The van der Waals surface area contributed by atoms with Gasteiger partial charge in [-0.1, -0.05) is 0 Å². The summed E-state index contributed by atoms with van der Waals surface area (Å²) in [6.45, 7) is 4.98. The van der Waals surface area contributed by atoms with E-state index in [1.807, 2.05) is 0 Å². The molecule has 0 aromatic carbocycles. The largest absolute Gasteiger partial charge is 0.467 e. The molecule has 0 aliphatic carbocycles. The van der Waals surface area contributed by atoms with Crippen LogP contribution in [0.1, 0.15) is 27.7 Å². The first-order valence-electron chi connectivity index (χ1n) is 8.32. The van der Waals surface area contributed by atoms with Gasteiger partial charge in [-0.3, -0.25) is 14.4 Å². The van der Waals surface area contributed by atoms with E-state index in [1.54, 1.807) is 0 Å². The van der Waals surface area contributed by atoms with Gasteiger partial charge >= 0.3 is 11.9 Å². The van der Waals surface area contributed by atoms with Crippen LogP contribution >= 0.6 is 0 Å². The summed E-state index contributed by atoms with van der Waals surface area (Å²) in [5.74, 6) is -2.23. The maximum atomic E-state index is 11.7. The number of amides is 2. The lowest BCUT2D eigenvalue weighted by molar-refractivity contribution is -0.265. The summed E-state index contributed by atoms with van der Waals surface area (Å²) in [6, 6.07) is -1.13. The highest BCUT2D eigenvalue weighted by molar-refractivity contribution is 5.74. The minimum absolute atomic E-state index is 0.0937. The van der Waals surface area contributed by atoms with E-state index in [2.05, 4.69) is 15.4 Å². The zero-order chi connectivity index (χ0) is 20.7. The zero-order valence-corrected chi connectivity index (χ0v) is 15.9. The third kappa shape index (κ3) is 6.77. The molecule has 0 saturated carbocycles. The van der Waals surface area contributed by atoms with Crippen LogP contribution < -0.4 is 10.6 Å². The molecular weight excluding hydrogens is 364 g/mol. The molecule has 1 aliphatic rings. The molecule has 11 heteroatoms. The SMILES string of the molecule is COC(=O)C(C)O[C@@H]1[C@@H](NC(C)=O)[C@@H](O)O[C@H](CNC(C)=O)[C@H]1OC(C)=O. The Bertz CT molecular complexity index is 568. The quantitative estimate of drug-likeness (QED) is 0.429. The molecule has 0 aromatic rings. The van der Waals surface area contributed by atoms with Crippen molar-refractivity contribution in [3.63, 3.8) is 0 Å². The van der Waals surface area contributed by atoms with E-state index in [4.69, 9.17) is 14.2 Å². The summed E-state index contributed by atoms with van der Waals surface area (Å²) in [5, 5.41) is 15.3. The van der Waals surface area contributed by atoms with Crippen LogP contribution in [0.5, 0.6) is 0 Å². The lowest BCUT2D eigenvalue weighted by Gasteiger charge is -2.44. The standard InChI is InChI=1S/C16H26N2O9/c1-7(15(22)24-5)25-14-12(18-9(3)20)16(23)27-11(6-17-8(2)19)13(14)26-10(4)21/h7,11-14,16,23H,6H2,1-5H3,(H,17,19)(H,18,20)/t7?,11-,12-,13-,14-,16+/m1/s1. The summed E-state index contributed by atoms with van der Waals surface area (Å²) >= 11 is 0. The van der Waals surface area contributed by atoms with Gasteiger partial charge in [0.2, 0.25) is 11.8 Å². The Morgan fingerprint density at radius 1 is 1.11 bits per heavy atom. The van der Waals surface area contributed by atoms with Gasteiger partial charge in [0.15, 0.2) is 18.5 Å². The Morgan fingerprint density at radius 3 is 2.22 bits per heavy atom. The van der Waals surface area contributed by atoms with Gasteiger partial charge in [-0.15, -0.1) is 0 Å². The van der Waals surface area contributed by atoms with Crippen LogP contribution in [0.15, 0.2) is 0 Å². The highest BCUT2D eigenvalue weighted by Gasteiger charge is 2.49. The number of aliphatic hydroxyl groups is 1. The molecule has 0 bridgehead atoms. The van der Waals surface area contributed by atoms with Crippen molar-refractivity contribution in [1.29, 1.82) is 0 Å². The van der Waals surface area contributed by atoms with Crippen molar-refractivity contribution in [2.24, 2.45) is 0 Å². The number of ether oxygens (including phenoxy) is 4. The molecule has 1 rings (SSSR count). The van der Waals surface area contributed by atoms with E-state index in [0.717, 1.165) is 6.92 Å². The van der Waals surface area contributed by atoms with Crippen molar-refractivity contribution in [2.75, 3.05) is 13.7 Å². The van der Waals surface area contributed by atoms with Crippen molar-refractivity contribution in [3.8, 4) is 0 Å². The van der Waals surface area contributed by atoms with Gasteiger partial charge in [0.25, 0.3) is 0 Å². The summed E-state index contributed by atoms with van der Waals surface area (Å²) in [4.78, 5) is 46.0. The molecule has 1 aliphatic heterocycles. The monoisotopic (exact) mass is 390 g/mol. The maximum absolute atomic E-state index is 11.7. The average Bonchev–Trinajstić information content (AvgIpc) is 2.57.